The van der Waals surface area contributed by atoms with E-state index in [-0.39, 0.29) is 0 Å². The van der Waals surface area contributed by atoms with Gasteiger partial charge in [0, 0.05) is 30.2 Å². The molecule has 4 aromatic rings. The molecule has 0 saturated carbocycles. The van der Waals surface area contributed by atoms with E-state index < -0.39 is 0 Å². The Morgan fingerprint density at radius 2 is 1.68 bits per heavy atom. The number of hydrogen-bond donors (Lipinski definition) is 1. The van der Waals surface area contributed by atoms with E-state index in [2.05, 4.69) is 20.6 Å². The Kier molecular flexibility index (Phi) is 6.47. The maximum Gasteiger partial charge on any atom is 0.226 e. The third kappa shape index (κ3) is 5.03. The van der Waals surface area contributed by atoms with Gasteiger partial charge in [-0.2, -0.15) is 4.98 Å². The average molecular weight is 420 g/mol. The number of ether oxygens (including phenoxy) is 2. The molecule has 4 rings (SSSR count). The summed E-state index contributed by atoms with van der Waals surface area (Å²) in [5.74, 6) is 3.93. The van der Waals surface area contributed by atoms with Crippen LogP contribution < -0.4 is 14.8 Å². The first-order valence-electron chi connectivity index (χ1n) is 10.1. The zero-order valence-electron chi connectivity index (χ0n) is 17.5. The van der Waals surface area contributed by atoms with E-state index in [9.17, 15) is 0 Å². The van der Waals surface area contributed by atoms with Crippen LogP contribution in [-0.2, 0) is 6.42 Å². The monoisotopic (exact) mass is 420 g/mol. The predicted molar refractivity (Wildman–Crippen MR) is 116 cm³/mol. The molecule has 160 valence electrons. The molecule has 0 aliphatic heterocycles. The van der Waals surface area contributed by atoms with Crippen LogP contribution in [0.1, 0.15) is 18.7 Å². The zero-order chi connectivity index (χ0) is 21.5. The quantitative estimate of drug-likeness (QED) is 0.364. The normalized spacial score (nSPS) is 10.8. The highest BCUT2D eigenvalue weighted by atomic mass is 16.5. The number of aromatic nitrogens is 3. The van der Waals surface area contributed by atoms with Crippen LogP contribution in [0, 0.1) is 0 Å². The van der Waals surface area contributed by atoms with Crippen molar-refractivity contribution in [3.63, 3.8) is 0 Å². The first-order valence-corrected chi connectivity index (χ1v) is 10.1. The van der Waals surface area contributed by atoms with Crippen LogP contribution in [0.3, 0.4) is 0 Å². The Labute approximate surface area is 180 Å². The topological polar surface area (TPSA) is 95.4 Å². The lowest BCUT2D eigenvalue weighted by molar-refractivity contribution is 0.355. The van der Waals surface area contributed by atoms with E-state index in [1.165, 1.54) is 0 Å². The van der Waals surface area contributed by atoms with Gasteiger partial charge in [0.05, 0.1) is 14.2 Å². The van der Waals surface area contributed by atoms with Gasteiger partial charge in [-0.3, -0.25) is 0 Å². The Morgan fingerprint density at radius 1 is 0.839 bits per heavy atom. The molecule has 0 atom stereocenters. The van der Waals surface area contributed by atoms with Gasteiger partial charge < -0.3 is 23.8 Å². The van der Waals surface area contributed by atoms with Gasteiger partial charge in [0.2, 0.25) is 11.7 Å². The molecule has 8 heteroatoms. The minimum atomic E-state index is 0.624. The van der Waals surface area contributed by atoms with Gasteiger partial charge in [-0.25, -0.2) is 0 Å². The summed E-state index contributed by atoms with van der Waals surface area (Å²) >= 11 is 0. The fourth-order valence-corrected chi connectivity index (χ4v) is 3.16. The highest BCUT2D eigenvalue weighted by Gasteiger charge is 2.11. The van der Waals surface area contributed by atoms with Crippen LogP contribution in [0.5, 0.6) is 11.5 Å². The second kappa shape index (κ2) is 9.80. The summed E-state index contributed by atoms with van der Waals surface area (Å²) in [6.07, 6.45) is 2.59. The summed E-state index contributed by atoms with van der Waals surface area (Å²) in [6.45, 7) is 0.761. The Bertz CT molecular complexity index is 1110. The van der Waals surface area contributed by atoms with Crippen molar-refractivity contribution in [2.45, 2.75) is 19.3 Å². The standard InChI is InChI=1S/C23H24N4O4/c1-28-18-12-11-17(14-20(18)29-2)19-15-21(26-30-19)24-13-7-6-10-22-25-23(27-31-22)16-8-4-3-5-9-16/h3-5,8-9,11-12,14-15H,6-7,10,13H2,1-2H3,(H,24,26). The molecule has 0 amide bonds. The number of unbranched alkanes of at least 4 members (excludes halogenated alkanes) is 1. The summed E-state index contributed by atoms with van der Waals surface area (Å²) < 4.78 is 21.4. The molecule has 0 bridgehead atoms. The highest BCUT2D eigenvalue weighted by molar-refractivity contribution is 5.64. The van der Waals surface area contributed by atoms with Gasteiger partial charge in [0.15, 0.2) is 23.1 Å². The molecule has 0 radical (unpaired) electrons. The number of benzene rings is 2. The molecule has 0 spiro atoms. The minimum Gasteiger partial charge on any atom is -0.493 e. The largest absolute Gasteiger partial charge is 0.493 e. The number of aryl methyl sites for hydroxylation is 1. The van der Waals surface area contributed by atoms with Gasteiger partial charge in [-0.15, -0.1) is 0 Å². The summed E-state index contributed by atoms with van der Waals surface area (Å²) in [7, 11) is 3.21. The van der Waals surface area contributed by atoms with Crippen LogP contribution in [0.25, 0.3) is 22.7 Å². The van der Waals surface area contributed by atoms with Gasteiger partial charge in [0.25, 0.3) is 0 Å². The first-order chi connectivity index (χ1) is 15.3. The van der Waals surface area contributed by atoms with Crippen LogP contribution in [0.2, 0.25) is 0 Å². The average Bonchev–Trinajstić information content (AvgIpc) is 3.49. The molecule has 0 aliphatic carbocycles. The second-order valence-corrected chi connectivity index (χ2v) is 6.91. The lowest BCUT2D eigenvalue weighted by Crippen LogP contribution is -2.02. The Balaban J connectivity index is 1.24. The molecule has 0 unspecified atom stereocenters. The molecule has 0 saturated heterocycles. The molecule has 2 aromatic carbocycles. The number of nitrogens with zero attached hydrogens (tertiary/aromatic N) is 3. The molecule has 31 heavy (non-hydrogen) atoms. The van der Waals surface area contributed by atoms with Gasteiger partial charge in [-0.05, 0) is 31.0 Å². The summed E-state index contributed by atoms with van der Waals surface area (Å²) in [5, 5.41) is 11.4. The number of methoxy groups -OCH3 is 2. The van der Waals surface area contributed by atoms with Crippen molar-refractivity contribution in [2.24, 2.45) is 0 Å². The van der Waals surface area contributed by atoms with Crippen molar-refractivity contribution >= 4 is 5.82 Å². The fourth-order valence-electron chi connectivity index (χ4n) is 3.16. The minimum absolute atomic E-state index is 0.624. The van der Waals surface area contributed by atoms with Crippen LogP contribution >= 0.6 is 0 Å². The summed E-state index contributed by atoms with van der Waals surface area (Å²) in [4.78, 5) is 4.45. The van der Waals surface area contributed by atoms with E-state index in [1.54, 1.807) is 14.2 Å². The number of anilines is 1. The van der Waals surface area contributed by atoms with E-state index in [0.29, 0.717) is 34.8 Å². The summed E-state index contributed by atoms with van der Waals surface area (Å²) in [5.41, 5.74) is 1.82. The lowest BCUT2D eigenvalue weighted by Gasteiger charge is -2.07. The van der Waals surface area contributed by atoms with Crippen LogP contribution in [-0.4, -0.2) is 36.1 Å². The Hall–Kier alpha value is -3.81. The van der Waals surface area contributed by atoms with Crippen molar-refractivity contribution in [1.29, 1.82) is 0 Å². The van der Waals surface area contributed by atoms with Crippen molar-refractivity contribution in [2.75, 3.05) is 26.1 Å². The molecule has 0 fully saturated rings. The summed E-state index contributed by atoms with van der Waals surface area (Å²) in [6, 6.07) is 17.3. The highest BCUT2D eigenvalue weighted by Crippen LogP contribution is 2.33. The number of rotatable bonds is 10. The van der Waals surface area contributed by atoms with Crippen LogP contribution in [0.15, 0.2) is 63.6 Å². The third-order valence-corrected chi connectivity index (χ3v) is 4.80. The van der Waals surface area contributed by atoms with Gasteiger partial charge in [-0.1, -0.05) is 40.6 Å². The molecular formula is C23H24N4O4. The van der Waals surface area contributed by atoms with E-state index in [0.717, 1.165) is 36.9 Å². The second-order valence-electron chi connectivity index (χ2n) is 6.91. The maximum absolute atomic E-state index is 5.45. The van der Waals surface area contributed by atoms with Crippen molar-refractivity contribution < 1.29 is 18.5 Å². The first kappa shape index (κ1) is 20.5. The molecular weight excluding hydrogens is 396 g/mol. The SMILES string of the molecule is COc1ccc(-c2cc(NCCCCc3nc(-c4ccccc4)no3)no2)cc1OC. The zero-order valence-corrected chi connectivity index (χ0v) is 17.5. The van der Waals surface area contributed by atoms with E-state index in [4.69, 9.17) is 18.5 Å². The van der Waals surface area contributed by atoms with Gasteiger partial charge >= 0.3 is 0 Å². The van der Waals surface area contributed by atoms with Crippen LogP contribution in [0.4, 0.5) is 5.82 Å². The van der Waals surface area contributed by atoms with Crippen molar-refractivity contribution in [3.05, 3.63) is 60.5 Å². The molecule has 2 heterocycles. The van der Waals surface area contributed by atoms with Gasteiger partial charge in [0.1, 0.15) is 0 Å². The van der Waals surface area contributed by atoms with E-state index in [1.807, 2.05) is 54.6 Å². The molecule has 2 aromatic heterocycles. The van der Waals surface area contributed by atoms with Crippen molar-refractivity contribution in [1.82, 2.24) is 15.3 Å². The molecule has 0 aliphatic rings. The molecule has 8 nitrogen and oxygen atoms in total. The lowest BCUT2D eigenvalue weighted by atomic mass is 10.1. The van der Waals surface area contributed by atoms with E-state index >= 15 is 0 Å². The number of nitrogens with one attached hydrogen (secondary N) is 1. The maximum atomic E-state index is 5.45. The van der Waals surface area contributed by atoms with Crippen molar-refractivity contribution in [3.8, 4) is 34.2 Å². The Morgan fingerprint density at radius 3 is 2.48 bits per heavy atom. The third-order valence-electron chi connectivity index (χ3n) is 4.80. The number of hydrogen-bond acceptors (Lipinski definition) is 8. The predicted octanol–water partition coefficient (Wildman–Crippen LogP) is 4.84. The molecule has 1 N–H and O–H groups in total. The smallest absolute Gasteiger partial charge is 0.226 e. The fraction of sp³-hybridized carbons (Fsp3) is 0.261.